The van der Waals surface area contributed by atoms with Crippen molar-refractivity contribution in [3.8, 4) is 0 Å². The molecule has 1 unspecified atom stereocenters. The Bertz CT molecular complexity index is 473. The molecular formula is C15H21BrN2O. The molecule has 0 saturated carbocycles. The maximum Gasteiger partial charge on any atom is 0.254 e. The van der Waals surface area contributed by atoms with Gasteiger partial charge in [0.2, 0.25) is 0 Å². The summed E-state index contributed by atoms with van der Waals surface area (Å²) in [6.07, 6.45) is 2.22. The van der Waals surface area contributed by atoms with E-state index in [1.807, 2.05) is 30.0 Å². The first-order chi connectivity index (χ1) is 8.99. The molecule has 3 nitrogen and oxygen atoms in total. The van der Waals surface area contributed by atoms with Gasteiger partial charge in [-0.25, -0.2) is 0 Å². The highest BCUT2D eigenvalue weighted by Gasteiger charge is 2.29. The normalized spacial score (nSPS) is 19.2. The maximum atomic E-state index is 12.6. The summed E-state index contributed by atoms with van der Waals surface area (Å²) < 4.78 is 1.05. The van der Waals surface area contributed by atoms with Crippen molar-refractivity contribution in [1.29, 1.82) is 0 Å². The van der Waals surface area contributed by atoms with Gasteiger partial charge in [0.1, 0.15) is 0 Å². The van der Waals surface area contributed by atoms with E-state index in [0.717, 1.165) is 41.5 Å². The van der Waals surface area contributed by atoms with Gasteiger partial charge in [0.05, 0.1) is 0 Å². The van der Waals surface area contributed by atoms with Crippen molar-refractivity contribution in [3.05, 3.63) is 33.8 Å². The number of hydrogen-bond acceptors (Lipinski definition) is 2. The average Bonchev–Trinajstić information content (AvgIpc) is 2.79. The zero-order valence-electron chi connectivity index (χ0n) is 11.8. The fraction of sp³-hybridized carbons (Fsp3) is 0.533. The lowest BCUT2D eigenvalue weighted by atomic mass is 10.1. The molecule has 104 valence electrons. The second kappa shape index (κ2) is 6.06. The number of hydrogen-bond donors (Lipinski definition) is 0. The third kappa shape index (κ3) is 3.37. The number of carbonyl (C=O) groups excluding carboxylic acids is 1. The molecule has 1 atom stereocenters. The standard InChI is InChI=1S/C15H21BrN2O/c1-11-9-12(6-7-14(11)16)15(19)18-8-4-5-13(18)10-17(2)3/h6-7,9,13H,4-5,8,10H2,1-3H3. The van der Waals surface area contributed by atoms with Gasteiger partial charge in [0.15, 0.2) is 0 Å². The molecule has 1 aromatic carbocycles. The van der Waals surface area contributed by atoms with Crippen LogP contribution in [0.25, 0.3) is 0 Å². The summed E-state index contributed by atoms with van der Waals surface area (Å²) in [6.45, 7) is 3.84. The molecule has 4 heteroatoms. The van der Waals surface area contributed by atoms with Gasteiger partial charge < -0.3 is 9.80 Å². The lowest BCUT2D eigenvalue weighted by molar-refractivity contribution is 0.0716. The largest absolute Gasteiger partial charge is 0.334 e. The quantitative estimate of drug-likeness (QED) is 0.853. The summed E-state index contributed by atoms with van der Waals surface area (Å²) in [7, 11) is 4.12. The van der Waals surface area contributed by atoms with Crippen LogP contribution in [-0.2, 0) is 0 Å². The SMILES string of the molecule is Cc1cc(C(=O)N2CCCC2CN(C)C)ccc1Br. The Labute approximate surface area is 123 Å². The summed E-state index contributed by atoms with van der Waals surface area (Å²) in [6, 6.07) is 6.19. The minimum Gasteiger partial charge on any atom is -0.334 e. The molecule has 0 radical (unpaired) electrons. The van der Waals surface area contributed by atoms with E-state index in [2.05, 4.69) is 34.9 Å². The van der Waals surface area contributed by atoms with Gasteiger partial charge in [0, 0.05) is 29.2 Å². The van der Waals surface area contributed by atoms with Gasteiger partial charge in [-0.3, -0.25) is 4.79 Å². The summed E-state index contributed by atoms with van der Waals surface area (Å²) in [5.74, 6) is 0.167. The molecule has 1 aliphatic rings. The fourth-order valence-electron chi connectivity index (χ4n) is 2.66. The smallest absolute Gasteiger partial charge is 0.254 e. The van der Waals surface area contributed by atoms with E-state index in [1.54, 1.807) is 0 Å². The number of likely N-dealkylation sites (N-methyl/N-ethyl adjacent to an activating group) is 1. The molecule has 0 bridgehead atoms. The molecule has 0 aliphatic carbocycles. The van der Waals surface area contributed by atoms with E-state index in [-0.39, 0.29) is 5.91 Å². The van der Waals surface area contributed by atoms with Gasteiger partial charge >= 0.3 is 0 Å². The predicted octanol–water partition coefficient (Wildman–Crippen LogP) is 2.92. The van der Waals surface area contributed by atoms with Crippen LogP contribution in [0.15, 0.2) is 22.7 Å². The molecule has 1 aliphatic heterocycles. The first-order valence-corrected chi connectivity index (χ1v) is 7.50. The number of aryl methyl sites for hydroxylation is 1. The van der Waals surface area contributed by atoms with Gasteiger partial charge in [-0.1, -0.05) is 15.9 Å². The molecular weight excluding hydrogens is 304 g/mol. The molecule has 1 saturated heterocycles. The van der Waals surface area contributed by atoms with Crippen molar-refractivity contribution in [2.24, 2.45) is 0 Å². The van der Waals surface area contributed by atoms with Gasteiger partial charge in [-0.15, -0.1) is 0 Å². The Morgan fingerprint density at radius 1 is 1.47 bits per heavy atom. The zero-order chi connectivity index (χ0) is 14.0. The maximum absolute atomic E-state index is 12.6. The Balaban J connectivity index is 2.16. The first-order valence-electron chi connectivity index (χ1n) is 6.71. The number of amides is 1. The first kappa shape index (κ1) is 14.5. The number of nitrogens with zero attached hydrogens (tertiary/aromatic N) is 2. The van der Waals surface area contributed by atoms with Crippen LogP contribution in [0.3, 0.4) is 0 Å². The van der Waals surface area contributed by atoms with Crippen LogP contribution in [0, 0.1) is 6.92 Å². The van der Waals surface area contributed by atoms with E-state index in [1.165, 1.54) is 0 Å². The zero-order valence-corrected chi connectivity index (χ0v) is 13.4. The molecule has 1 fully saturated rings. The van der Waals surface area contributed by atoms with Crippen LogP contribution in [0.5, 0.6) is 0 Å². The van der Waals surface area contributed by atoms with Gasteiger partial charge in [0.25, 0.3) is 5.91 Å². The van der Waals surface area contributed by atoms with Crippen molar-refractivity contribution in [2.45, 2.75) is 25.8 Å². The second-order valence-electron chi connectivity index (χ2n) is 5.52. The minimum absolute atomic E-state index is 0.167. The van der Waals surface area contributed by atoms with Crippen molar-refractivity contribution in [3.63, 3.8) is 0 Å². The number of carbonyl (C=O) groups is 1. The molecule has 1 amide bonds. The van der Waals surface area contributed by atoms with Crippen LogP contribution in [0.2, 0.25) is 0 Å². The molecule has 1 heterocycles. The fourth-order valence-corrected chi connectivity index (χ4v) is 2.90. The van der Waals surface area contributed by atoms with E-state index >= 15 is 0 Å². The van der Waals surface area contributed by atoms with E-state index < -0.39 is 0 Å². The highest BCUT2D eigenvalue weighted by Crippen LogP contribution is 2.23. The van der Waals surface area contributed by atoms with Crippen molar-refractivity contribution in [2.75, 3.05) is 27.2 Å². The number of benzene rings is 1. The summed E-state index contributed by atoms with van der Waals surface area (Å²) in [4.78, 5) is 16.8. The number of rotatable bonds is 3. The van der Waals surface area contributed by atoms with Crippen LogP contribution in [-0.4, -0.2) is 48.9 Å². The monoisotopic (exact) mass is 324 g/mol. The van der Waals surface area contributed by atoms with Crippen molar-refractivity contribution >= 4 is 21.8 Å². The van der Waals surface area contributed by atoms with Crippen LogP contribution in [0.4, 0.5) is 0 Å². The van der Waals surface area contributed by atoms with Crippen LogP contribution < -0.4 is 0 Å². The van der Waals surface area contributed by atoms with Crippen molar-refractivity contribution in [1.82, 2.24) is 9.80 Å². The molecule has 1 aromatic rings. The molecule has 0 N–H and O–H groups in total. The molecule has 2 rings (SSSR count). The lowest BCUT2D eigenvalue weighted by Crippen LogP contribution is -2.41. The molecule has 0 spiro atoms. The summed E-state index contributed by atoms with van der Waals surface area (Å²) in [5.41, 5.74) is 1.90. The Morgan fingerprint density at radius 2 is 2.21 bits per heavy atom. The van der Waals surface area contributed by atoms with E-state index in [4.69, 9.17) is 0 Å². The molecule has 19 heavy (non-hydrogen) atoms. The van der Waals surface area contributed by atoms with E-state index in [0.29, 0.717) is 6.04 Å². The highest BCUT2D eigenvalue weighted by atomic mass is 79.9. The predicted molar refractivity (Wildman–Crippen MR) is 81.5 cm³/mol. The van der Waals surface area contributed by atoms with Crippen LogP contribution in [0.1, 0.15) is 28.8 Å². The Morgan fingerprint density at radius 3 is 2.84 bits per heavy atom. The summed E-state index contributed by atoms with van der Waals surface area (Å²) >= 11 is 3.48. The third-order valence-electron chi connectivity index (χ3n) is 3.62. The topological polar surface area (TPSA) is 23.6 Å². The summed E-state index contributed by atoms with van der Waals surface area (Å²) in [5, 5.41) is 0. The van der Waals surface area contributed by atoms with Crippen LogP contribution >= 0.6 is 15.9 Å². The highest BCUT2D eigenvalue weighted by molar-refractivity contribution is 9.10. The van der Waals surface area contributed by atoms with Gasteiger partial charge in [-0.2, -0.15) is 0 Å². The lowest BCUT2D eigenvalue weighted by Gasteiger charge is -2.27. The Hall–Kier alpha value is -0.870. The second-order valence-corrected chi connectivity index (χ2v) is 6.38. The minimum atomic E-state index is 0.167. The Kier molecular flexibility index (Phi) is 4.63. The number of halogens is 1. The molecule has 0 aromatic heterocycles. The van der Waals surface area contributed by atoms with Gasteiger partial charge in [-0.05, 0) is 57.6 Å². The number of likely N-dealkylation sites (tertiary alicyclic amines) is 1. The third-order valence-corrected chi connectivity index (χ3v) is 4.51. The average molecular weight is 325 g/mol. The van der Waals surface area contributed by atoms with Crippen molar-refractivity contribution < 1.29 is 4.79 Å². The van der Waals surface area contributed by atoms with E-state index in [9.17, 15) is 4.79 Å².